The maximum absolute atomic E-state index is 11.7. The molecule has 0 aliphatic heterocycles. The highest BCUT2D eigenvalue weighted by atomic mass is 32.1. The molecule has 1 aromatic heterocycles. The van der Waals surface area contributed by atoms with Crippen molar-refractivity contribution in [2.45, 2.75) is 20.3 Å². The molecule has 110 valence electrons. The topological polar surface area (TPSA) is 95.5 Å². The highest BCUT2D eigenvalue weighted by Crippen LogP contribution is 2.14. The summed E-state index contributed by atoms with van der Waals surface area (Å²) in [6.45, 7) is 3.80. The molecule has 0 spiro atoms. The minimum Gasteiger partial charge on any atom is -0.481 e. The van der Waals surface area contributed by atoms with E-state index in [-0.39, 0.29) is 37.2 Å². The first kappa shape index (κ1) is 16.2. The molecular formula is C13H18N2O4S. The number of thiophene rings is 1. The summed E-state index contributed by atoms with van der Waals surface area (Å²) in [6, 6.07) is 3.55. The summed E-state index contributed by atoms with van der Waals surface area (Å²) in [6.07, 6.45) is 0.00110. The van der Waals surface area contributed by atoms with Crippen LogP contribution in [-0.4, -0.2) is 36.0 Å². The van der Waals surface area contributed by atoms with Crippen LogP contribution >= 0.6 is 11.3 Å². The van der Waals surface area contributed by atoms with Gasteiger partial charge in [0.05, 0.1) is 11.4 Å². The van der Waals surface area contributed by atoms with Crippen molar-refractivity contribution in [1.82, 2.24) is 10.6 Å². The summed E-state index contributed by atoms with van der Waals surface area (Å²) < 4.78 is 0. The van der Waals surface area contributed by atoms with Crippen LogP contribution in [0.15, 0.2) is 12.1 Å². The molecule has 0 bridgehead atoms. The summed E-state index contributed by atoms with van der Waals surface area (Å²) in [4.78, 5) is 35.2. The maximum atomic E-state index is 11.7. The number of carbonyl (C=O) groups excluding carboxylic acids is 2. The first-order valence-electron chi connectivity index (χ1n) is 6.21. The number of amides is 2. The second kappa shape index (κ2) is 7.64. The summed E-state index contributed by atoms with van der Waals surface area (Å²) >= 11 is 1.36. The molecule has 6 nitrogen and oxygen atoms in total. The zero-order valence-corrected chi connectivity index (χ0v) is 12.3. The smallest absolute Gasteiger partial charge is 0.303 e. The predicted octanol–water partition coefficient (Wildman–Crippen LogP) is 1.01. The van der Waals surface area contributed by atoms with Gasteiger partial charge < -0.3 is 15.7 Å². The first-order valence-corrected chi connectivity index (χ1v) is 7.03. The average Bonchev–Trinajstić information content (AvgIpc) is 2.79. The van der Waals surface area contributed by atoms with Gasteiger partial charge in [0.2, 0.25) is 5.91 Å². The Balaban J connectivity index is 2.26. The van der Waals surface area contributed by atoms with Gasteiger partial charge in [-0.25, -0.2) is 0 Å². The molecular weight excluding hydrogens is 280 g/mol. The SMILES string of the molecule is Cc1ccc(C(=O)NCC(=O)NCC(C)CC(=O)O)s1. The van der Waals surface area contributed by atoms with Gasteiger partial charge in [0.15, 0.2) is 0 Å². The lowest BCUT2D eigenvalue weighted by Crippen LogP contribution is -2.38. The molecule has 0 saturated carbocycles. The second-order valence-electron chi connectivity index (χ2n) is 4.60. The molecule has 0 fully saturated rings. The van der Waals surface area contributed by atoms with Crippen LogP contribution in [0.5, 0.6) is 0 Å². The number of carboxylic acid groups (broad SMARTS) is 1. The van der Waals surface area contributed by atoms with Crippen LogP contribution in [0, 0.1) is 12.8 Å². The van der Waals surface area contributed by atoms with Crippen molar-refractivity contribution in [3.8, 4) is 0 Å². The molecule has 3 N–H and O–H groups in total. The Morgan fingerprint density at radius 2 is 2.00 bits per heavy atom. The van der Waals surface area contributed by atoms with E-state index in [1.54, 1.807) is 13.0 Å². The molecule has 0 aromatic carbocycles. The molecule has 1 aromatic rings. The molecule has 20 heavy (non-hydrogen) atoms. The van der Waals surface area contributed by atoms with Gasteiger partial charge in [0.1, 0.15) is 0 Å². The lowest BCUT2D eigenvalue weighted by atomic mass is 10.1. The molecule has 1 unspecified atom stereocenters. The number of hydrogen-bond donors (Lipinski definition) is 3. The Bertz CT molecular complexity index is 498. The van der Waals surface area contributed by atoms with Crippen LogP contribution in [0.4, 0.5) is 0 Å². The number of carbonyl (C=O) groups is 3. The number of nitrogens with one attached hydrogen (secondary N) is 2. The summed E-state index contributed by atoms with van der Waals surface area (Å²) in [5.41, 5.74) is 0. The predicted molar refractivity (Wildman–Crippen MR) is 75.8 cm³/mol. The van der Waals surface area contributed by atoms with Gasteiger partial charge in [0, 0.05) is 17.8 Å². The van der Waals surface area contributed by atoms with E-state index in [9.17, 15) is 14.4 Å². The van der Waals surface area contributed by atoms with Crippen LogP contribution in [0.1, 0.15) is 27.9 Å². The van der Waals surface area contributed by atoms with Crippen LogP contribution in [-0.2, 0) is 9.59 Å². The van der Waals surface area contributed by atoms with E-state index in [4.69, 9.17) is 5.11 Å². The standard InChI is InChI=1S/C13H18N2O4S/c1-8(5-12(17)18)6-14-11(16)7-15-13(19)10-4-3-9(2)20-10/h3-4,8H,5-7H2,1-2H3,(H,14,16)(H,15,19)(H,17,18). The van der Waals surface area contributed by atoms with Crippen molar-refractivity contribution in [1.29, 1.82) is 0 Å². The van der Waals surface area contributed by atoms with Crippen LogP contribution < -0.4 is 10.6 Å². The fraction of sp³-hybridized carbons (Fsp3) is 0.462. The van der Waals surface area contributed by atoms with E-state index < -0.39 is 5.97 Å². The highest BCUT2D eigenvalue weighted by molar-refractivity contribution is 7.13. The molecule has 1 rings (SSSR count). The third-order valence-electron chi connectivity index (χ3n) is 2.54. The number of aliphatic carboxylic acids is 1. The van der Waals surface area contributed by atoms with Gasteiger partial charge in [0.25, 0.3) is 5.91 Å². The molecule has 0 saturated heterocycles. The van der Waals surface area contributed by atoms with E-state index >= 15 is 0 Å². The van der Waals surface area contributed by atoms with Crippen LogP contribution in [0.3, 0.4) is 0 Å². The summed E-state index contributed by atoms with van der Waals surface area (Å²) in [7, 11) is 0. The largest absolute Gasteiger partial charge is 0.481 e. The average molecular weight is 298 g/mol. The molecule has 0 aliphatic carbocycles. The third-order valence-corrected chi connectivity index (χ3v) is 3.54. The number of rotatable bonds is 7. The van der Waals surface area contributed by atoms with Crippen LogP contribution in [0.2, 0.25) is 0 Å². The number of carboxylic acids is 1. The minimum atomic E-state index is -0.895. The van der Waals surface area contributed by atoms with Gasteiger partial charge >= 0.3 is 5.97 Å². The van der Waals surface area contributed by atoms with Gasteiger partial charge in [-0.1, -0.05) is 6.92 Å². The zero-order valence-electron chi connectivity index (χ0n) is 11.4. The first-order chi connectivity index (χ1) is 9.38. The van der Waals surface area contributed by atoms with E-state index in [2.05, 4.69) is 10.6 Å². The summed E-state index contributed by atoms with van der Waals surface area (Å²) in [5.74, 6) is -1.65. The Hall–Kier alpha value is -1.89. The normalized spacial score (nSPS) is 11.7. The molecule has 0 aliphatic rings. The zero-order chi connectivity index (χ0) is 15.1. The minimum absolute atomic E-state index is 0.00110. The van der Waals surface area contributed by atoms with Crippen molar-refractivity contribution in [3.63, 3.8) is 0 Å². The van der Waals surface area contributed by atoms with Crippen molar-refractivity contribution in [2.24, 2.45) is 5.92 Å². The lowest BCUT2D eigenvalue weighted by molar-refractivity contribution is -0.138. The lowest BCUT2D eigenvalue weighted by Gasteiger charge is -2.10. The molecule has 2 amide bonds. The van der Waals surface area contributed by atoms with E-state index in [0.29, 0.717) is 4.88 Å². The molecule has 7 heteroatoms. The van der Waals surface area contributed by atoms with Gasteiger partial charge in [-0.05, 0) is 25.0 Å². The highest BCUT2D eigenvalue weighted by Gasteiger charge is 2.11. The quantitative estimate of drug-likeness (QED) is 0.700. The Kier molecular flexibility index (Phi) is 6.17. The van der Waals surface area contributed by atoms with Gasteiger partial charge in [-0.2, -0.15) is 0 Å². The Morgan fingerprint density at radius 1 is 1.30 bits per heavy atom. The maximum Gasteiger partial charge on any atom is 0.303 e. The fourth-order valence-corrected chi connectivity index (χ4v) is 2.31. The second-order valence-corrected chi connectivity index (χ2v) is 5.89. The molecule has 1 atom stereocenters. The van der Waals surface area contributed by atoms with E-state index in [0.717, 1.165) is 4.88 Å². The monoisotopic (exact) mass is 298 g/mol. The van der Waals surface area contributed by atoms with E-state index in [1.807, 2.05) is 13.0 Å². The van der Waals surface area contributed by atoms with Crippen molar-refractivity contribution >= 4 is 29.1 Å². The Morgan fingerprint density at radius 3 is 2.55 bits per heavy atom. The molecule has 0 radical (unpaired) electrons. The van der Waals surface area contributed by atoms with Crippen molar-refractivity contribution < 1.29 is 19.5 Å². The molecule has 1 heterocycles. The number of aryl methyl sites for hydroxylation is 1. The fourth-order valence-electron chi connectivity index (χ4n) is 1.53. The third kappa shape index (κ3) is 5.83. The Labute approximate surface area is 121 Å². The van der Waals surface area contributed by atoms with E-state index in [1.165, 1.54) is 11.3 Å². The van der Waals surface area contributed by atoms with Crippen LogP contribution in [0.25, 0.3) is 0 Å². The summed E-state index contributed by atoms with van der Waals surface area (Å²) in [5, 5.41) is 13.7. The van der Waals surface area contributed by atoms with Crippen molar-refractivity contribution in [3.05, 3.63) is 21.9 Å². The van der Waals surface area contributed by atoms with Gasteiger partial charge in [-0.15, -0.1) is 11.3 Å². The van der Waals surface area contributed by atoms with Gasteiger partial charge in [-0.3, -0.25) is 14.4 Å². The van der Waals surface area contributed by atoms with Crippen molar-refractivity contribution in [2.75, 3.05) is 13.1 Å². The number of hydrogen-bond acceptors (Lipinski definition) is 4.